The Bertz CT molecular complexity index is 143. The van der Waals surface area contributed by atoms with Crippen LogP contribution in [0.15, 0.2) is 0 Å². The van der Waals surface area contributed by atoms with Gasteiger partial charge in [0.25, 0.3) is 0 Å². The van der Waals surface area contributed by atoms with E-state index in [1.807, 2.05) is 0 Å². The highest BCUT2D eigenvalue weighted by atomic mass is 16.2. The van der Waals surface area contributed by atoms with Gasteiger partial charge in [0.15, 0.2) is 0 Å². The average molecular weight is 141 g/mol. The lowest BCUT2D eigenvalue weighted by molar-refractivity contribution is -0.118. The Labute approximate surface area is 59.6 Å². The summed E-state index contributed by atoms with van der Waals surface area (Å²) in [6, 6.07) is 0. The predicted octanol–water partition coefficient (Wildman–Crippen LogP) is -1.30. The topological polar surface area (TPSA) is 44.4 Å². The van der Waals surface area contributed by atoms with E-state index >= 15 is 0 Å². The Morgan fingerprint density at radius 2 is 2.50 bits per heavy atom. The van der Waals surface area contributed by atoms with Crippen molar-refractivity contribution in [3.63, 3.8) is 0 Å². The number of nitrogens with one attached hydrogen (secondary N) is 2. The van der Waals surface area contributed by atoms with Gasteiger partial charge in [0.05, 0.1) is 19.4 Å². The van der Waals surface area contributed by atoms with Gasteiger partial charge in [-0.05, 0) is 13.0 Å². The van der Waals surface area contributed by atoms with E-state index in [1.54, 1.807) is 0 Å². The molecular formula is C6H11N3O. The lowest BCUT2D eigenvalue weighted by atomic mass is 10.3. The van der Waals surface area contributed by atoms with Gasteiger partial charge < -0.3 is 10.6 Å². The first-order valence-electron chi connectivity index (χ1n) is 3.60. The summed E-state index contributed by atoms with van der Waals surface area (Å²) in [5.74, 6) is 0.161. The summed E-state index contributed by atoms with van der Waals surface area (Å²) in [7, 11) is 0. The van der Waals surface area contributed by atoms with Crippen molar-refractivity contribution in [2.24, 2.45) is 0 Å². The molecule has 2 fully saturated rings. The largest absolute Gasteiger partial charge is 0.339 e. The van der Waals surface area contributed by atoms with Crippen molar-refractivity contribution in [3.8, 4) is 0 Å². The molecule has 0 spiro atoms. The van der Waals surface area contributed by atoms with Crippen LogP contribution in [0.2, 0.25) is 0 Å². The van der Waals surface area contributed by atoms with Crippen LogP contribution in [0.1, 0.15) is 6.42 Å². The molecule has 1 amide bonds. The van der Waals surface area contributed by atoms with Gasteiger partial charge in [-0.2, -0.15) is 0 Å². The standard InChI is InChI=1S/C6H11N3O/c10-6-3-9-4-7-2-1-5(9)8-6/h5,7H,1-4H2,(H,8,10). The Hall–Kier alpha value is -0.610. The SMILES string of the molecule is O=C1CN2CNCCC2N1. The van der Waals surface area contributed by atoms with E-state index in [2.05, 4.69) is 15.5 Å². The number of amides is 1. The van der Waals surface area contributed by atoms with Crippen molar-refractivity contribution in [2.45, 2.75) is 12.6 Å². The number of rotatable bonds is 0. The van der Waals surface area contributed by atoms with Crippen LogP contribution in [0.25, 0.3) is 0 Å². The maximum atomic E-state index is 10.8. The van der Waals surface area contributed by atoms with Gasteiger partial charge in [-0.15, -0.1) is 0 Å². The van der Waals surface area contributed by atoms with Crippen molar-refractivity contribution in [1.82, 2.24) is 15.5 Å². The molecule has 0 aromatic heterocycles. The van der Waals surface area contributed by atoms with Crippen molar-refractivity contribution >= 4 is 5.91 Å². The van der Waals surface area contributed by atoms with E-state index < -0.39 is 0 Å². The van der Waals surface area contributed by atoms with Gasteiger partial charge in [-0.25, -0.2) is 0 Å². The molecule has 0 aromatic carbocycles. The Kier molecular flexibility index (Phi) is 1.35. The molecule has 2 saturated heterocycles. The molecule has 2 heterocycles. The molecule has 4 nitrogen and oxygen atoms in total. The molecule has 56 valence electrons. The van der Waals surface area contributed by atoms with Crippen LogP contribution in [0.3, 0.4) is 0 Å². The molecule has 0 aromatic rings. The fourth-order valence-electron chi connectivity index (χ4n) is 1.50. The number of hydrogen-bond donors (Lipinski definition) is 2. The summed E-state index contributed by atoms with van der Waals surface area (Å²) in [5, 5.41) is 6.11. The molecule has 2 aliphatic rings. The summed E-state index contributed by atoms with van der Waals surface area (Å²) in [6.07, 6.45) is 1.35. The first-order chi connectivity index (χ1) is 4.86. The fraction of sp³-hybridized carbons (Fsp3) is 0.833. The minimum absolute atomic E-state index is 0.161. The minimum Gasteiger partial charge on any atom is -0.339 e. The van der Waals surface area contributed by atoms with Crippen molar-refractivity contribution in [3.05, 3.63) is 0 Å². The van der Waals surface area contributed by atoms with Crippen LogP contribution < -0.4 is 10.6 Å². The van der Waals surface area contributed by atoms with Gasteiger partial charge in [-0.3, -0.25) is 9.69 Å². The smallest absolute Gasteiger partial charge is 0.235 e. The zero-order valence-electron chi connectivity index (χ0n) is 5.76. The van der Waals surface area contributed by atoms with Crippen molar-refractivity contribution in [2.75, 3.05) is 19.8 Å². The van der Waals surface area contributed by atoms with Crippen LogP contribution >= 0.6 is 0 Å². The Morgan fingerprint density at radius 3 is 3.30 bits per heavy atom. The van der Waals surface area contributed by atoms with Crippen molar-refractivity contribution in [1.29, 1.82) is 0 Å². The highest BCUT2D eigenvalue weighted by molar-refractivity contribution is 5.80. The summed E-state index contributed by atoms with van der Waals surface area (Å²) in [6.45, 7) is 2.43. The maximum absolute atomic E-state index is 10.8. The van der Waals surface area contributed by atoms with Crippen LogP contribution in [-0.4, -0.2) is 36.7 Å². The molecule has 0 aliphatic carbocycles. The number of carbonyl (C=O) groups is 1. The first-order valence-corrected chi connectivity index (χ1v) is 3.60. The number of carbonyl (C=O) groups excluding carboxylic acids is 1. The summed E-state index contributed by atoms with van der Waals surface area (Å²) in [5.41, 5.74) is 0. The number of hydrogen-bond acceptors (Lipinski definition) is 3. The van der Waals surface area contributed by atoms with Crippen molar-refractivity contribution < 1.29 is 4.79 Å². The van der Waals surface area contributed by atoms with Gasteiger partial charge in [0, 0.05) is 0 Å². The zero-order valence-corrected chi connectivity index (χ0v) is 5.76. The minimum atomic E-state index is 0.161. The molecule has 1 unspecified atom stereocenters. The summed E-state index contributed by atoms with van der Waals surface area (Å²) >= 11 is 0. The first kappa shape index (κ1) is 6.12. The third-order valence-electron chi connectivity index (χ3n) is 2.02. The monoisotopic (exact) mass is 141 g/mol. The molecular weight excluding hydrogens is 130 g/mol. The Morgan fingerprint density at radius 1 is 1.60 bits per heavy atom. The second-order valence-corrected chi connectivity index (χ2v) is 2.78. The summed E-state index contributed by atoms with van der Waals surface area (Å²) < 4.78 is 0. The van der Waals surface area contributed by atoms with Crippen LogP contribution in [0.5, 0.6) is 0 Å². The predicted molar refractivity (Wildman–Crippen MR) is 36.1 cm³/mol. The molecule has 2 aliphatic heterocycles. The van der Waals surface area contributed by atoms with E-state index in [9.17, 15) is 4.79 Å². The third-order valence-corrected chi connectivity index (χ3v) is 2.02. The molecule has 1 atom stereocenters. The molecule has 2 rings (SSSR count). The van der Waals surface area contributed by atoms with Gasteiger partial charge in [-0.1, -0.05) is 0 Å². The fourth-order valence-corrected chi connectivity index (χ4v) is 1.50. The van der Waals surface area contributed by atoms with Gasteiger partial charge in [0.1, 0.15) is 0 Å². The lowest BCUT2D eigenvalue weighted by Gasteiger charge is -2.28. The van der Waals surface area contributed by atoms with E-state index in [4.69, 9.17) is 0 Å². The molecule has 2 N–H and O–H groups in total. The second-order valence-electron chi connectivity index (χ2n) is 2.78. The number of fused-ring (bicyclic) bond motifs is 1. The normalized spacial score (nSPS) is 33.6. The van der Waals surface area contributed by atoms with Gasteiger partial charge >= 0.3 is 0 Å². The van der Waals surface area contributed by atoms with Gasteiger partial charge in [0.2, 0.25) is 5.91 Å². The van der Waals surface area contributed by atoms with E-state index in [-0.39, 0.29) is 5.91 Å². The molecule has 10 heavy (non-hydrogen) atoms. The highest BCUT2D eigenvalue weighted by Gasteiger charge is 2.30. The third kappa shape index (κ3) is 0.892. The lowest BCUT2D eigenvalue weighted by Crippen LogP contribution is -2.48. The van der Waals surface area contributed by atoms with Crippen LogP contribution in [0, 0.1) is 0 Å². The second kappa shape index (κ2) is 2.21. The quantitative estimate of drug-likeness (QED) is 0.440. The molecule has 0 bridgehead atoms. The molecule has 0 saturated carbocycles. The van der Waals surface area contributed by atoms with E-state index in [1.165, 1.54) is 0 Å². The van der Waals surface area contributed by atoms with E-state index in [0.29, 0.717) is 12.7 Å². The average Bonchev–Trinajstić information content (AvgIpc) is 2.27. The zero-order chi connectivity index (χ0) is 6.97. The van der Waals surface area contributed by atoms with Crippen LogP contribution in [-0.2, 0) is 4.79 Å². The highest BCUT2D eigenvalue weighted by Crippen LogP contribution is 2.08. The summed E-state index contributed by atoms with van der Waals surface area (Å²) in [4.78, 5) is 12.9. The van der Waals surface area contributed by atoms with Crippen LogP contribution in [0.4, 0.5) is 0 Å². The molecule has 0 radical (unpaired) electrons. The number of nitrogens with zero attached hydrogens (tertiary/aromatic N) is 1. The molecule has 4 heteroatoms. The maximum Gasteiger partial charge on any atom is 0.235 e. The van der Waals surface area contributed by atoms with E-state index in [0.717, 1.165) is 19.6 Å². The Balaban J connectivity index is 2.04.